The highest BCUT2D eigenvalue weighted by Crippen LogP contribution is 2.36. The fourth-order valence-corrected chi connectivity index (χ4v) is 2.94. The average Bonchev–Trinajstić information content (AvgIpc) is 2.53. The van der Waals surface area contributed by atoms with Gasteiger partial charge in [0.1, 0.15) is 5.69 Å². The zero-order valence-electron chi connectivity index (χ0n) is 13.2. The fraction of sp³-hybridized carbons (Fsp3) is 0.529. The first-order chi connectivity index (χ1) is 10.5. The molecule has 0 aliphatic carbocycles. The highest BCUT2D eigenvalue weighted by atomic mass is 16.4. The third-order valence-corrected chi connectivity index (χ3v) is 4.27. The van der Waals surface area contributed by atoms with Crippen LogP contribution in [-0.4, -0.2) is 40.9 Å². The molecule has 0 spiro atoms. The van der Waals surface area contributed by atoms with Crippen molar-refractivity contribution >= 4 is 11.7 Å². The number of hydrogen-bond acceptors (Lipinski definition) is 4. The summed E-state index contributed by atoms with van der Waals surface area (Å²) in [5, 5.41) is 19.0. The molecule has 1 aliphatic rings. The number of aliphatic hydroxyl groups is 1. The van der Waals surface area contributed by atoms with E-state index >= 15 is 0 Å². The summed E-state index contributed by atoms with van der Waals surface area (Å²) in [6.07, 6.45) is 6.53. The maximum Gasteiger partial charge on any atom is 0.354 e. The molecule has 5 nitrogen and oxygen atoms in total. The number of anilines is 1. The van der Waals surface area contributed by atoms with Crippen molar-refractivity contribution in [2.45, 2.75) is 33.1 Å². The number of aromatic nitrogens is 1. The SMILES string of the molecule is CC(C)=CC[C@@]1(CO)CCCN(c2ccnc(C(=O)O)c2)C1. The van der Waals surface area contributed by atoms with Crippen LogP contribution in [0.1, 0.15) is 43.6 Å². The van der Waals surface area contributed by atoms with E-state index in [1.54, 1.807) is 6.07 Å². The lowest BCUT2D eigenvalue weighted by molar-refractivity contribution is 0.0690. The Morgan fingerprint density at radius 3 is 2.91 bits per heavy atom. The molecule has 120 valence electrons. The first-order valence-electron chi connectivity index (χ1n) is 7.64. The lowest BCUT2D eigenvalue weighted by Crippen LogP contribution is -2.45. The van der Waals surface area contributed by atoms with Gasteiger partial charge in [-0.05, 0) is 45.2 Å². The smallest absolute Gasteiger partial charge is 0.354 e. The second-order valence-electron chi connectivity index (χ2n) is 6.37. The van der Waals surface area contributed by atoms with Crippen molar-refractivity contribution in [3.05, 3.63) is 35.7 Å². The second kappa shape index (κ2) is 6.92. The minimum Gasteiger partial charge on any atom is -0.477 e. The van der Waals surface area contributed by atoms with Crippen molar-refractivity contribution in [3.63, 3.8) is 0 Å². The summed E-state index contributed by atoms with van der Waals surface area (Å²) in [4.78, 5) is 17.1. The molecule has 0 bridgehead atoms. The van der Waals surface area contributed by atoms with Crippen LogP contribution in [0.3, 0.4) is 0 Å². The number of nitrogens with zero attached hydrogens (tertiary/aromatic N) is 2. The van der Waals surface area contributed by atoms with Crippen molar-refractivity contribution in [2.24, 2.45) is 5.41 Å². The number of allylic oxidation sites excluding steroid dienone is 2. The van der Waals surface area contributed by atoms with Crippen molar-refractivity contribution in [1.29, 1.82) is 0 Å². The average molecular weight is 304 g/mol. The van der Waals surface area contributed by atoms with E-state index in [1.807, 2.05) is 6.07 Å². The molecule has 1 aromatic heterocycles. The van der Waals surface area contributed by atoms with Gasteiger partial charge in [0.15, 0.2) is 0 Å². The first kappa shape index (κ1) is 16.5. The third kappa shape index (κ3) is 3.85. The van der Waals surface area contributed by atoms with E-state index in [4.69, 9.17) is 5.11 Å². The molecule has 2 rings (SSSR count). The number of pyridine rings is 1. The number of carboxylic acids is 1. The van der Waals surface area contributed by atoms with Gasteiger partial charge in [-0.2, -0.15) is 0 Å². The van der Waals surface area contributed by atoms with Gasteiger partial charge in [0.2, 0.25) is 0 Å². The van der Waals surface area contributed by atoms with E-state index < -0.39 is 5.97 Å². The van der Waals surface area contributed by atoms with Crippen LogP contribution in [0.15, 0.2) is 30.0 Å². The van der Waals surface area contributed by atoms with Crippen LogP contribution in [0.5, 0.6) is 0 Å². The third-order valence-electron chi connectivity index (χ3n) is 4.27. The molecular formula is C17H24N2O3. The molecular weight excluding hydrogens is 280 g/mol. The normalized spacial score (nSPS) is 21.5. The fourth-order valence-electron chi connectivity index (χ4n) is 2.94. The summed E-state index contributed by atoms with van der Waals surface area (Å²) >= 11 is 0. The molecule has 0 radical (unpaired) electrons. The number of carbonyl (C=O) groups is 1. The van der Waals surface area contributed by atoms with E-state index in [1.165, 1.54) is 11.8 Å². The number of aromatic carboxylic acids is 1. The van der Waals surface area contributed by atoms with Crippen LogP contribution >= 0.6 is 0 Å². The van der Waals surface area contributed by atoms with E-state index in [0.717, 1.165) is 38.0 Å². The molecule has 1 fully saturated rings. The molecule has 0 unspecified atom stereocenters. The van der Waals surface area contributed by atoms with Gasteiger partial charge in [-0.3, -0.25) is 0 Å². The molecule has 1 aromatic rings. The highest BCUT2D eigenvalue weighted by Gasteiger charge is 2.34. The van der Waals surface area contributed by atoms with E-state index in [-0.39, 0.29) is 17.7 Å². The molecule has 0 saturated carbocycles. The molecule has 0 aromatic carbocycles. The van der Waals surface area contributed by atoms with Crippen molar-refractivity contribution in [3.8, 4) is 0 Å². The van der Waals surface area contributed by atoms with E-state index in [2.05, 4.69) is 29.8 Å². The maximum atomic E-state index is 11.1. The van der Waals surface area contributed by atoms with Gasteiger partial charge in [-0.25, -0.2) is 9.78 Å². The quantitative estimate of drug-likeness (QED) is 0.818. The van der Waals surface area contributed by atoms with Crippen LogP contribution in [-0.2, 0) is 0 Å². The lowest BCUT2D eigenvalue weighted by atomic mass is 9.77. The number of hydrogen-bond donors (Lipinski definition) is 2. The Kier molecular flexibility index (Phi) is 5.19. The second-order valence-corrected chi connectivity index (χ2v) is 6.37. The van der Waals surface area contributed by atoms with Gasteiger partial charge in [0, 0.05) is 30.4 Å². The van der Waals surface area contributed by atoms with Gasteiger partial charge in [-0.15, -0.1) is 0 Å². The predicted octanol–water partition coefficient (Wildman–Crippen LogP) is 2.72. The van der Waals surface area contributed by atoms with Crippen LogP contribution in [0, 0.1) is 5.41 Å². The predicted molar refractivity (Wildman–Crippen MR) is 86.2 cm³/mol. The molecule has 1 aliphatic heterocycles. The van der Waals surface area contributed by atoms with Crippen LogP contribution in [0.25, 0.3) is 0 Å². The zero-order valence-corrected chi connectivity index (χ0v) is 13.2. The number of aliphatic hydroxyl groups excluding tert-OH is 1. The standard InChI is InChI=1S/C17H24N2O3/c1-13(2)4-7-17(12-20)6-3-9-19(11-17)14-5-8-18-15(10-14)16(21)22/h4-5,8,10,20H,3,6-7,9,11-12H2,1-2H3,(H,21,22)/t17-/m0/s1. The topological polar surface area (TPSA) is 73.7 Å². The Labute approximate surface area is 131 Å². The van der Waals surface area contributed by atoms with Gasteiger partial charge >= 0.3 is 5.97 Å². The summed E-state index contributed by atoms with van der Waals surface area (Å²) in [6, 6.07) is 3.44. The van der Waals surface area contributed by atoms with Gasteiger partial charge in [0.25, 0.3) is 0 Å². The molecule has 2 heterocycles. The Morgan fingerprint density at radius 2 is 2.27 bits per heavy atom. The summed E-state index contributed by atoms with van der Waals surface area (Å²) in [6.45, 7) is 5.88. The monoisotopic (exact) mass is 304 g/mol. The van der Waals surface area contributed by atoms with Crippen molar-refractivity contribution < 1.29 is 15.0 Å². The van der Waals surface area contributed by atoms with Gasteiger partial charge < -0.3 is 15.1 Å². The lowest BCUT2D eigenvalue weighted by Gasteiger charge is -2.42. The van der Waals surface area contributed by atoms with Crippen LogP contribution < -0.4 is 4.90 Å². The molecule has 5 heteroatoms. The molecule has 1 atom stereocenters. The minimum absolute atomic E-state index is 0.0574. The summed E-state index contributed by atoms with van der Waals surface area (Å²) < 4.78 is 0. The van der Waals surface area contributed by atoms with E-state index in [9.17, 15) is 9.90 Å². The summed E-state index contributed by atoms with van der Waals surface area (Å²) in [7, 11) is 0. The molecule has 0 amide bonds. The maximum absolute atomic E-state index is 11.1. The van der Waals surface area contributed by atoms with Gasteiger partial charge in [-0.1, -0.05) is 11.6 Å². The van der Waals surface area contributed by atoms with E-state index in [0.29, 0.717) is 0 Å². The summed E-state index contributed by atoms with van der Waals surface area (Å²) in [5.74, 6) is -1.02. The largest absolute Gasteiger partial charge is 0.477 e. The Balaban J connectivity index is 2.20. The van der Waals surface area contributed by atoms with Crippen molar-refractivity contribution in [1.82, 2.24) is 4.98 Å². The zero-order chi connectivity index (χ0) is 16.2. The Morgan fingerprint density at radius 1 is 1.50 bits per heavy atom. The van der Waals surface area contributed by atoms with Gasteiger partial charge in [0.05, 0.1) is 6.61 Å². The molecule has 22 heavy (non-hydrogen) atoms. The minimum atomic E-state index is -1.02. The van der Waals surface area contributed by atoms with Crippen LogP contribution in [0.4, 0.5) is 5.69 Å². The highest BCUT2D eigenvalue weighted by molar-refractivity contribution is 5.86. The van der Waals surface area contributed by atoms with Crippen molar-refractivity contribution in [2.75, 3.05) is 24.6 Å². The number of piperidine rings is 1. The molecule has 1 saturated heterocycles. The Bertz CT molecular complexity index is 567. The Hall–Kier alpha value is -1.88. The number of carboxylic acid groups (broad SMARTS) is 1. The first-order valence-corrected chi connectivity index (χ1v) is 7.64. The number of rotatable bonds is 5. The molecule has 2 N–H and O–H groups in total. The summed E-state index contributed by atoms with van der Waals surface area (Å²) in [5.41, 5.74) is 2.02. The van der Waals surface area contributed by atoms with Crippen LogP contribution in [0.2, 0.25) is 0 Å².